The summed E-state index contributed by atoms with van der Waals surface area (Å²) >= 11 is 0. The maximum atomic E-state index is 10.7. The summed E-state index contributed by atoms with van der Waals surface area (Å²) in [4.78, 5) is 12.7. The maximum Gasteiger partial charge on any atom is 0.330 e. The zero-order chi connectivity index (χ0) is 14.0. The van der Waals surface area contributed by atoms with E-state index in [1.165, 1.54) is 0 Å². The summed E-state index contributed by atoms with van der Waals surface area (Å²) < 4.78 is 34.3. The molecule has 0 bridgehead atoms. The van der Waals surface area contributed by atoms with Crippen LogP contribution in [0.5, 0.6) is 0 Å². The number of carbonyl (C=O) groups is 1. The number of carbonyl (C=O) groups excluding carboxylic acids is 1. The molecule has 0 aliphatic carbocycles. The highest BCUT2D eigenvalue weighted by atomic mass is 32.2. The molecule has 0 rings (SSSR count). The van der Waals surface area contributed by atoms with Gasteiger partial charge >= 0.3 is 5.97 Å². The lowest BCUT2D eigenvalue weighted by Crippen LogP contribution is -2.22. The minimum atomic E-state index is -3.84. The van der Waals surface area contributed by atoms with Crippen LogP contribution >= 0.6 is 0 Å². The molecule has 6 nitrogen and oxygen atoms in total. The molecule has 0 aromatic heterocycles. The molecule has 0 aliphatic rings. The number of hydrogen-bond acceptors (Lipinski definition) is 5. The highest BCUT2D eigenvalue weighted by molar-refractivity contribution is 7.85. The molecule has 106 valence electrons. The predicted octanol–water partition coefficient (Wildman–Crippen LogP) is 0.706. The van der Waals surface area contributed by atoms with Gasteiger partial charge in [-0.05, 0) is 32.9 Å². The van der Waals surface area contributed by atoms with E-state index in [1.54, 1.807) is 0 Å². The van der Waals surface area contributed by atoms with Crippen LogP contribution in [0.3, 0.4) is 0 Å². The molecule has 0 amide bonds. The molecule has 0 saturated heterocycles. The Morgan fingerprint density at radius 3 is 2.50 bits per heavy atom. The van der Waals surface area contributed by atoms with Gasteiger partial charge in [0.25, 0.3) is 10.1 Å². The number of ether oxygens (including phenoxy) is 1. The molecule has 0 saturated carbocycles. The summed E-state index contributed by atoms with van der Waals surface area (Å²) in [7, 11) is -1.94. The Kier molecular flexibility index (Phi) is 8.61. The number of esters is 1. The van der Waals surface area contributed by atoms with Crippen LogP contribution in [-0.2, 0) is 19.6 Å². The Bertz CT molecular complexity index is 352. The van der Waals surface area contributed by atoms with Gasteiger partial charge in [0.1, 0.15) is 0 Å². The minimum Gasteiger partial charge on any atom is -0.462 e. The lowest BCUT2D eigenvalue weighted by Gasteiger charge is -2.15. The van der Waals surface area contributed by atoms with Crippen molar-refractivity contribution in [3.05, 3.63) is 12.7 Å². The molecule has 18 heavy (non-hydrogen) atoms. The van der Waals surface area contributed by atoms with Crippen molar-refractivity contribution in [3.8, 4) is 0 Å². The van der Waals surface area contributed by atoms with Gasteiger partial charge in [0.2, 0.25) is 0 Å². The van der Waals surface area contributed by atoms with E-state index in [0.29, 0.717) is 25.9 Å². The van der Waals surface area contributed by atoms with E-state index >= 15 is 0 Å². The molecule has 0 radical (unpaired) electrons. The van der Waals surface area contributed by atoms with E-state index < -0.39 is 16.1 Å². The van der Waals surface area contributed by atoms with Crippen LogP contribution in [0.25, 0.3) is 0 Å². The fourth-order valence-corrected chi connectivity index (χ4v) is 1.91. The standard InChI is InChI=1S/C11H21NO5S/c1-3-11(13)17-9-6-8-12(2)7-4-5-10-18(14,15)16/h3H,1,4-10H2,2H3,(H,14,15,16). The zero-order valence-corrected chi connectivity index (χ0v) is 11.5. The van der Waals surface area contributed by atoms with Crippen molar-refractivity contribution < 1.29 is 22.5 Å². The molecule has 0 spiro atoms. The molecule has 0 aromatic rings. The highest BCUT2D eigenvalue weighted by Gasteiger charge is 2.05. The van der Waals surface area contributed by atoms with Crippen LogP contribution in [0.1, 0.15) is 19.3 Å². The molecule has 0 atom stereocenters. The monoisotopic (exact) mass is 279 g/mol. The topological polar surface area (TPSA) is 83.9 Å². The van der Waals surface area contributed by atoms with Crippen molar-refractivity contribution in [1.82, 2.24) is 4.90 Å². The van der Waals surface area contributed by atoms with Gasteiger partial charge in [0.15, 0.2) is 0 Å². The molecule has 0 aromatic carbocycles. The number of hydrogen-bond donors (Lipinski definition) is 1. The fraction of sp³-hybridized carbons (Fsp3) is 0.727. The van der Waals surface area contributed by atoms with Crippen LogP contribution in [0.2, 0.25) is 0 Å². The van der Waals surface area contributed by atoms with Crippen LogP contribution in [0.4, 0.5) is 0 Å². The van der Waals surface area contributed by atoms with Crippen molar-refractivity contribution in [3.63, 3.8) is 0 Å². The smallest absolute Gasteiger partial charge is 0.330 e. The summed E-state index contributed by atoms with van der Waals surface area (Å²) in [6, 6.07) is 0. The van der Waals surface area contributed by atoms with Gasteiger partial charge in [-0.3, -0.25) is 4.55 Å². The van der Waals surface area contributed by atoms with E-state index in [2.05, 4.69) is 6.58 Å². The van der Waals surface area contributed by atoms with Gasteiger partial charge in [0.05, 0.1) is 12.4 Å². The second-order valence-electron chi connectivity index (χ2n) is 4.02. The average molecular weight is 279 g/mol. The Hall–Kier alpha value is -0.920. The third kappa shape index (κ3) is 11.6. The lowest BCUT2D eigenvalue weighted by atomic mass is 10.3. The maximum absolute atomic E-state index is 10.7. The lowest BCUT2D eigenvalue weighted by molar-refractivity contribution is -0.137. The Morgan fingerprint density at radius 2 is 1.94 bits per heavy atom. The second kappa shape index (κ2) is 9.07. The van der Waals surface area contributed by atoms with Gasteiger partial charge < -0.3 is 9.64 Å². The van der Waals surface area contributed by atoms with Crippen molar-refractivity contribution in [2.24, 2.45) is 0 Å². The molecule has 0 aliphatic heterocycles. The third-order valence-electron chi connectivity index (χ3n) is 2.29. The molecule has 1 N–H and O–H groups in total. The second-order valence-corrected chi connectivity index (χ2v) is 5.59. The molecule has 0 fully saturated rings. The van der Waals surface area contributed by atoms with E-state index in [-0.39, 0.29) is 5.75 Å². The first-order valence-electron chi connectivity index (χ1n) is 5.78. The molecule has 0 unspecified atom stereocenters. The number of rotatable bonds is 10. The SMILES string of the molecule is C=CC(=O)OCCCN(C)CCCCS(=O)(=O)O. The summed E-state index contributed by atoms with van der Waals surface area (Å²) in [5.41, 5.74) is 0. The zero-order valence-electron chi connectivity index (χ0n) is 10.7. The molecule has 7 heteroatoms. The Balaban J connectivity index is 3.46. The van der Waals surface area contributed by atoms with E-state index in [1.807, 2.05) is 11.9 Å². The summed E-state index contributed by atoms with van der Waals surface area (Å²) in [5.74, 6) is -0.622. The van der Waals surface area contributed by atoms with Gasteiger partial charge in [-0.2, -0.15) is 8.42 Å². The van der Waals surface area contributed by atoms with Crippen LogP contribution in [0.15, 0.2) is 12.7 Å². The average Bonchev–Trinajstić information content (AvgIpc) is 2.28. The van der Waals surface area contributed by atoms with Gasteiger partial charge in [-0.1, -0.05) is 6.58 Å². The normalized spacial score (nSPS) is 11.5. The number of unbranched alkanes of at least 4 members (excludes halogenated alkanes) is 1. The Labute approximate surface area is 108 Å². The predicted molar refractivity (Wildman–Crippen MR) is 68.9 cm³/mol. The largest absolute Gasteiger partial charge is 0.462 e. The highest BCUT2D eigenvalue weighted by Crippen LogP contribution is 1.97. The van der Waals surface area contributed by atoms with Crippen molar-refractivity contribution >= 4 is 16.1 Å². The van der Waals surface area contributed by atoms with E-state index in [9.17, 15) is 13.2 Å². The molecular formula is C11H21NO5S. The minimum absolute atomic E-state index is 0.197. The van der Waals surface area contributed by atoms with Crippen LogP contribution < -0.4 is 0 Å². The molecular weight excluding hydrogens is 258 g/mol. The van der Waals surface area contributed by atoms with E-state index in [0.717, 1.165) is 19.2 Å². The quantitative estimate of drug-likeness (QED) is 0.274. The van der Waals surface area contributed by atoms with Gasteiger partial charge in [-0.25, -0.2) is 4.79 Å². The Morgan fingerprint density at radius 1 is 1.33 bits per heavy atom. The first-order chi connectivity index (χ1) is 8.35. The first-order valence-corrected chi connectivity index (χ1v) is 7.39. The van der Waals surface area contributed by atoms with Crippen molar-refractivity contribution in [1.29, 1.82) is 0 Å². The summed E-state index contributed by atoms with van der Waals surface area (Å²) in [6.45, 7) is 5.14. The summed E-state index contributed by atoms with van der Waals surface area (Å²) in [6.07, 6.45) is 2.98. The van der Waals surface area contributed by atoms with Gasteiger partial charge in [-0.15, -0.1) is 0 Å². The van der Waals surface area contributed by atoms with Crippen molar-refractivity contribution in [2.75, 3.05) is 32.5 Å². The first kappa shape index (κ1) is 17.1. The molecule has 0 heterocycles. The van der Waals surface area contributed by atoms with Crippen LogP contribution in [0, 0.1) is 0 Å². The summed E-state index contributed by atoms with van der Waals surface area (Å²) in [5, 5.41) is 0. The van der Waals surface area contributed by atoms with E-state index in [4.69, 9.17) is 9.29 Å². The van der Waals surface area contributed by atoms with Gasteiger partial charge in [0, 0.05) is 12.6 Å². The third-order valence-corrected chi connectivity index (χ3v) is 3.09. The fourth-order valence-electron chi connectivity index (χ4n) is 1.34. The van der Waals surface area contributed by atoms with Crippen LogP contribution in [-0.4, -0.2) is 56.3 Å². The number of nitrogens with zero attached hydrogens (tertiary/aromatic N) is 1. The van der Waals surface area contributed by atoms with Crippen molar-refractivity contribution in [2.45, 2.75) is 19.3 Å².